The summed E-state index contributed by atoms with van der Waals surface area (Å²) in [6.07, 6.45) is 3.64. The number of benzene rings is 1. The zero-order chi connectivity index (χ0) is 15.2. The van der Waals surface area contributed by atoms with Crippen molar-refractivity contribution in [2.45, 2.75) is 38.5 Å². The highest BCUT2D eigenvalue weighted by molar-refractivity contribution is 5.80. The highest BCUT2D eigenvalue weighted by Gasteiger charge is 2.20. The van der Waals surface area contributed by atoms with Gasteiger partial charge in [-0.1, -0.05) is 30.3 Å². The highest BCUT2D eigenvalue weighted by atomic mass is 16.3. The molecule has 0 aliphatic heterocycles. The van der Waals surface area contributed by atoms with E-state index in [9.17, 15) is 9.90 Å². The molecule has 0 radical (unpaired) electrons. The molecule has 1 aromatic heterocycles. The minimum Gasteiger partial charge on any atom is -0.391 e. The summed E-state index contributed by atoms with van der Waals surface area (Å²) in [6.45, 7) is 3.67. The van der Waals surface area contributed by atoms with Crippen LogP contribution in [0.15, 0.2) is 54.9 Å². The van der Waals surface area contributed by atoms with Gasteiger partial charge in [0.25, 0.3) is 0 Å². The fourth-order valence-corrected chi connectivity index (χ4v) is 2.21. The molecule has 112 valence electrons. The van der Waals surface area contributed by atoms with Crippen LogP contribution in [0.2, 0.25) is 0 Å². The van der Waals surface area contributed by atoms with Crippen LogP contribution in [0.25, 0.3) is 0 Å². The molecule has 2 N–H and O–H groups in total. The van der Waals surface area contributed by atoms with Gasteiger partial charge in [-0.2, -0.15) is 0 Å². The maximum absolute atomic E-state index is 12.2. The summed E-state index contributed by atoms with van der Waals surface area (Å²) in [4.78, 5) is 12.2. The smallest absolute Gasteiger partial charge is 0.243 e. The Morgan fingerprint density at radius 3 is 2.38 bits per heavy atom. The average Bonchev–Trinajstić information content (AvgIpc) is 3.01. The van der Waals surface area contributed by atoms with Gasteiger partial charge in [0.15, 0.2) is 0 Å². The molecule has 1 heterocycles. The van der Waals surface area contributed by atoms with Crippen molar-refractivity contribution < 1.29 is 9.90 Å². The maximum Gasteiger partial charge on any atom is 0.243 e. The van der Waals surface area contributed by atoms with E-state index in [1.165, 1.54) is 0 Å². The Kier molecular flexibility index (Phi) is 5.17. The minimum atomic E-state index is -0.604. The van der Waals surface area contributed by atoms with Gasteiger partial charge in [0.2, 0.25) is 5.91 Å². The average molecular weight is 286 g/mol. The molecule has 0 saturated heterocycles. The third-order valence-electron chi connectivity index (χ3n) is 3.69. The van der Waals surface area contributed by atoms with Gasteiger partial charge in [-0.05, 0) is 31.5 Å². The van der Waals surface area contributed by atoms with Crippen molar-refractivity contribution in [1.82, 2.24) is 9.88 Å². The van der Waals surface area contributed by atoms with Gasteiger partial charge in [0.1, 0.15) is 6.04 Å². The number of nitrogens with one attached hydrogen (secondary N) is 1. The molecule has 0 aliphatic rings. The first kappa shape index (κ1) is 15.3. The Morgan fingerprint density at radius 1 is 1.14 bits per heavy atom. The number of rotatable bonds is 6. The van der Waals surface area contributed by atoms with Crippen molar-refractivity contribution in [1.29, 1.82) is 0 Å². The topological polar surface area (TPSA) is 54.3 Å². The monoisotopic (exact) mass is 286 g/mol. The molecular weight excluding hydrogens is 264 g/mol. The van der Waals surface area contributed by atoms with Crippen molar-refractivity contribution in [3.8, 4) is 0 Å². The Bertz CT molecular complexity index is 551. The fraction of sp³-hybridized carbons (Fsp3) is 0.353. The van der Waals surface area contributed by atoms with Gasteiger partial charge < -0.3 is 15.0 Å². The van der Waals surface area contributed by atoms with E-state index in [2.05, 4.69) is 5.32 Å². The summed E-state index contributed by atoms with van der Waals surface area (Å²) >= 11 is 0. The molecule has 0 bridgehead atoms. The van der Waals surface area contributed by atoms with Crippen LogP contribution in [0, 0.1) is 0 Å². The number of amides is 1. The number of aromatic nitrogens is 1. The lowest BCUT2D eigenvalue weighted by Crippen LogP contribution is -2.44. The SMILES string of the molecule is CC(NC(=O)C(C)n1cccc1)C(O)Cc1ccccc1. The second-order valence-electron chi connectivity index (χ2n) is 5.36. The Hall–Kier alpha value is -2.07. The van der Waals surface area contributed by atoms with E-state index in [1.807, 2.05) is 73.3 Å². The first-order chi connectivity index (χ1) is 10.1. The van der Waals surface area contributed by atoms with Gasteiger partial charge in [-0.3, -0.25) is 4.79 Å². The van der Waals surface area contributed by atoms with E-state index in [0.29, 0.717) is 6.42 Å². The number of carbonyl (C=O) groups excluding carboxylic acids is 1. The third-order valence-corrected chi connectivity index (χ3v) is 3.69. The molecular formula is C17H22N2O2. The lowest BCUT2D eigenvalue weighted by Gasteiger charge is -2.23. The number of hydrogen-bond donors (Lipinski definition) is 2. The molecule has 2 aromatic rings. The van der Waals surface area contributed by atoms with Gasteiger partial charge in [-0.15, -0.1) is 0 Å². The van der Waals surface area contributed by atoms with Crippen molar-refractivity contribution in [3.63, 3.8) is 0 Å². The minimum absolute atomic E-state index is 0.0918. The van der Waals surface area contributed by atoms with Gasteiger partial charge >= 0.3 is 0 Å². The summed E-state index contributed by atoms with van der Waals surface area (Å²) in [5, 5.41) is 13.1. The van der Waals surface area contributed by atoms with E-state index >= 15 is 0 Å². The van der Waals surface area contributed by atoms with Crippen LogP contribution in [-0.4, -0.2) is 27.7 Å². The molecule has 1 amide bonds. The molecule has 0 spiro atoms. The van der Waals surface area contributed by atoms with Gasteiger partial charge in [-0.25, -0.2) is 0 Å². The lowest BCUT2D eigenvalue weighted by atomic mass is 10.0. The summed E-state index contributed by atoms with van der Waals surface area (Å²) in [5.41, 5.74) is 1.06. The van der Waals surface area contributed by atoms with Gasteiger partial charge in [0.05, 0.1) is 12.1 Å². The predicted octanol–water partition coefficient (Wildman–Crippen LogP) is 2.16. The van der Waals surface area contributed by atoms with Crippen molar-refractivity contribution in [3.05, 3.63) is 60.4 Å². The van der Waals surface area contributed by atoms with Crippen LogP contribution in [-0.2, 0) is 11.2 Å². The first-order valence-corrected chi connectivity index (χ1v) is 7.22. The van der Waals surface area contributed by atoms with Crippen LogP contribution in [0.5, 0.6) is 0 Å². The van der Waals surface area contributed by atoms with Gasteiger partial charge in [0, 0.05) is 18.8 Å². The molecule has 0 saturated carbocycles. The lowest BCUT2D eigenvalue weighted by molar-refractivity contribution is -0.125. The molecule has 0 aliphatic carbocycles. The van der Waals surface area contributed by atoms with E-state index in [1.54, 1.807) is 0 Å². The standard InChI is InChI=1S/C17H22N2O2/c1-13(16(20)12-15-8-4-3-5-9-15)18-17(21)14(2)19-10-6-7-11-19/h3-11,13-14,16,20H,12H2,1-2H3,(H,18,21). The number of aliphatic hydroxyl groups excluding tert-OH is 1. The van der Waals surface area contributed by atoms with E-state index in [0.717, 1.165) is 5.56 Å². The number of carbonyl (C=O) groups is 1. The second kappa shape index (κ2) is 7.09. The summed E-state index contributed by atoms with van der Waals surface area (Å²) < 4.78 is 1.84. The Balaban J connectivity index is 1.88. The molecule has 2 rings (SSSR count). The molecule has 4 nitrogen and oxygen atoms in total. The van der Waals surface area contributed by atoms with Crippen LogP contribution in [0.4, 0.5) is 0 Å². The van der Waals surface area contributed by atoms with E-state index in [4.69, 9.17) is 0 Å². The Labute approximate surface area is 125 Å². The maximum atomic E-state index is 12.2. The quantitative estimate of drug-likeness (QED) is 0.855. The second-order valence-corrected chi connectivity index (χ2v) is 5.36. The third kappa shape index (κ3) is 4.20. The zero-order valence-corrected chi connectivity index (χ0v) is 12.4. The molecule has 3 atom stereocenters. The summed E-state index contributed by atoms with van der Waals surface area (Å²) in [5.74, 6) is -0.0918. The van der Waals surface area contributed by atoms with E-state index < -0.39 is 6.10 Å². The number of aliphatic hydroxyl groups is 1. The summed E-state index contributed by atoms with van der Waals surface area (Å²) in [7, 11) is 0. The Morgan fingerprint density at radius 2 is 1.76 bits per heavy atom. The normalized spacial score (nSPS) is 15.2. The number of nitrogens with zero attached hydrogens (tertiary/aromatic N) is 1. The summed E-state index contributed by atoms with van der Waals surface area (Å²) in [6, 6.07) is 13.0. The van der Waals surface area contributed by atoms with Crippen LogP contribution in [0.3, 0.4) is 0 Å². The van der Waals surface area contributed by atoms with E-state index in [-0.39, 0.29) is 18.0 Å². The molecule has 21 heavy (non-hydrogen) atoms. The zero-order valence-electron chi connectivity index (χ0n) is 12.4. The van der Waals surface area contributed by atoms with Crippen LogP contribution >= 0.6 is 0 Å². The van der Waals surface area contributed by atoms with Crippen molar-refractivity contribution >= 4 is 5.91 Å². The molecule has 0 fully saturated rings. The first-order valence-electron chi connectivity index (χ1n) is 7.22. The van der Waals surface area contributed by atoms with Crippen molar-refractivity contribution in [2.75, 3.05) is 0 Å². The fourth-order valence-electron chi connectivity index (χ4n) is 2.21. The van der Waals surface area contributed by atoms with Crippen LogP contribution < -0.4 is 5.32 Å². The number of hydrogen-bond acceptors (Lipinski definition) is 2. The largest absolute Gasteiger partial charge is 0.391 e. The molecule has 1 aromatic carbocycles. The van der Waals surface area contributed by atoms with Crippen molar-refractivity contribution in [2.24, 2.45) is 0 Å². The molecule has 3 unspecified atom stereocenters. The predicted molar refractivity (Wildman–Crippen MR) is 82.9 cm³/mol. The highest BCUT2D eigenvalue weighted by Crippen LogP contribution is 2.09. The van der Waals surface area contributed by atoms with Crippen LogP contribution in [0.1, 0.15) is 25.5 Å². The molecule has 4 heteroatoms.